The van der Waals surface area contributed by atoms with Crippen LogP contribution in [0.15, 0.2) is 45.5 Å². The molecule has 0 heterocycles. The number of anilines is 1. The van der Waals surface area contributed by atoms with Crippen LogP contribution in [0.5, 0.6) is 5.75 Å². The lowest BCUT2D eigenvalue weighted by atomic mass is 10.1. The average molecular weight is 502 g/mol. The van der Waals surface area contributed by atoms with Gasteiger partial charge in [-0.25, -0.2) is 17.4 Å². The highest BCUT2D eigenvalue weighted by atomic mass is 32.3. The molecule has 2 N–H and O–H groups in total. The molecule has 33 heavy (non-hydrogen) atoms. The molecule has 0 aliphatic rings. The molecule has 12 nitrogen and oxygen atoms in total. The molecule has 0 aliphatic heterocycles. The summed E-state index contributed by atoms with van der Waals surface area (Å²) in [6, 6.07) is 7.22. The van der Waals surface area contributed by atoms with Crippen LogP contribution < -0.4 is 9.64 Å². The van der Waals surface area contributed by atoms with E-state index in [-0.39, 0.29) is 33.1 Å². The van der Waals surface area contributed by atoms with Crippen LogP contribution in [0.3, 0.4) is 0 Å². The quantitative estimate of drug-likeness (QED) is 0.364. The van der Waals surface area contributed by atoms with Crippen molar-refractivity contribution in [3.8, 4) is 5.75 Å². The molecule has 2 aromatic carbocycles. The van der Waals surface area contributed by atoms with Crippen molar-refractivity contribution in [2.45, 2.75) is 11.8 Å². The van der Waals surface area contributed by atoms with Crippen molar-refractivity contribution >= 4 is 43.3 Å². The van der Waals surface area contributed by atoms with Crippen LogP contribution in [0, 0.1) is 6.92 Å². The Bertz CT molecular complexity index is 1290. The average Bonchev–Trinajstić information content (AvgIpc) is 2.70. The van der Waals surface area contributed by atoms with Crippen LogP contribution in [0.2, 0.25) is 0 Å². The molecular formula is C19H23N3O9S2. The van der Waals surface area contributed by atoms with Gasteiger partial charge in [-0.15, -0.1) is 10.2 Å². The fourth-order valence-corrected chi connectivity index (χ4v) is 4.62. The second-order valence-corrected chi connectivity index (χ2v) is 10.1. The number of ether oxygens (including phenoxy) is 1. The number of hydrogen-bond donors (Lipinski definition) is 2. The van der Waals surface area contributed by atoms with Crippen molar-refractivity contribution in [2.24, 2.45) is 10.2 Å². The summed E-state index contributed by atoms with van der Waals surface area (Å²) in [6.07, 6.45) is 0. The molecule has 0 spiro atoms. The van der Waals surface area contributed by atoms with Gasteiger partial charge in [-0.1, -0.05) is 6.07 Å². The van der Waals surface area contributed by atoms with Crippen LogP contribution in [-0.4, -0.2) is 66.0 Å². The van der Waals surface area contributed by atoms with Crippen LogP contribution >= 0.6 is 0 Å². The summed E-state index contributed by atoms with van der Waals surface area (Å²) >= 11 is 0. The molecule has 14 heteroatoms. The Morgan fingerprint density at radius 3 is 2.33 bits per heavy atom. The molecule has 0 saturated heterocycles. The Balaban J connectivity index is 2.48. The zero-order valence-corrected chi connectivity index (χ0v) is 19.8. The first kappa shape index (κ1) is 26.2. The number of hydrogen-bond acceptors (Lipinski definition) is 10. The van der Waals surface area contributed by atoms with Gasteiger partial charge in [0.1, 0.15) is 17.1 Å². The highest BCUT2D eigenvalue weighted by Crippen LogP contribution is 2.37. The highest BCUT2D eigenvalue weighted by molar-refractivity contribution is 7.91. The normalized spacial score (nSPS) is 12.2. The molecule has 0 aliphatic carbocycles. The molecule has 0 fully saturated rings. The van der Waals surface area contributed by atoms with E-state index in [2.05, 4.69) is 14.4 Å². The van der Waals surface area contributed by atoms with Crippen LogP contribution in [0.25, 0.3) is 0 Å². The van der Waals surface area contributed by atoms with E-state index in [1.54, 1.807) is 31.1 Å². The molecule has 0 saturated carbocycles. The number of carbonyl (C=O) groups is 1. The van der Waals surface area contributed by atoms with Gasteiger partial charge in [0, 0.05) is 20.2 Å². The number of nitrogens with zero attached hydrogens (tertiary/aromatic N) is 3. The maximum Gasteiger partial charge on any atom is 0.397 e. The Morgan fingerprint density at radius 2 is 1.79 bits per heavy atom. The smallest absolute Gasteiger partial charge is 0.397 e. The topological polar surface area (TPSA) is 172 Å². The van der Waals surface area contributed by atoms with E-state index in [0.717, 1.165) is 0 Å². The minimum absolute atomic E-state index is 0.0397. The van der Waals surface area contributed by atoms with E-state index in [0.29, 0.717) is 5.69 Å². The number of sulfone groups is 1. The van der Waals surface area contributed by atoms with Gasteiger partial charge in [-0.3, -0.25) is 4.55 Å². The molecule has 2 aromatic rings. The predicted molar refractivity (Wildman–Crippen MR) is 119 cm³/mol. The third-order valence-electron chi connectivity index (χ3n) is 4.38. The number of aromatic carboxylic acids is 1. The zero-order valence-electron chi connectivity index (χ0n) is 18.2. The van der Waals surface area contributed by atoms with Crippen molar-refractivity contribution in [1.82, 2.24) is 0 Å². The van der Waals surface area contributed by atoms with Crippen LogP contribution in [0.1, 0.15) is 15.9 Å². The third kappa shape index (κ3) is 6.71. The number of azo groups is 1. The van der Waals surface area contributed by atoms with E-state index in [1.165, 1.54) is 32.2 Å². The fourth-order valence-electron chi connectivity index (χ4n) is 2.86. The first-order chi connectivity index (χ1) is 15.3. The number of carboxylic acids is 1. The largest absolute Gasteiger partial charge is 0.494 e. The molecule has 0 aromatic heterocycles. The van der Waals surface area contributed by atoms with Crippen molar-refractivity contribution in [3.63, 3.8) is 0 Å². The molecule has 0 atom stereocenters. The van der Waals surface area contributed by atoms with Gasteiger partial charge in [0.25, 0.3) is 0 Å². The Hall–Kier alpha value is -3.07. The maximum atomic E-state index is 12.6. The van der Waals surface area contributed by atoms with Crippen molar-refractivity contribution in [2.75, 3.05) is 38.5 Å². The van der Waals surface area contributed by atoms with Gasteiger partial charge in [-0.05, 0) is 30.7 Å². The van der Waals surface area contributed by atoms with Crippen LogP contribution in [0.4, 0.5) is 17.1 Å². The second-order valence-electron chi connectivity index (χ2n) is 6.93. The first-order valence-corrected chi connectivity index (χ1v) is 12.3. The summed E-state index contributed by atoms with van der Waals surface area (Å²) in [7, 11) is -4.05. The van der Waals surface area contributed by atoms with Gasteiger partial charge in [-0.2, -0.15) is 8.42 Å². The van der Waals surface area contributed by atoms with E-state index < -0.39 is 38.6 Å². The minimum Gasteiger partial charge on any atom is -0.494 e. The summed E-state index contributed by atoms with van der Waals surface area (Å²) in [6.45, 7) is 0.717. The third-order valence-corrected chi connectivity index (χ3v) is 6.66. The first-order valence-electron chi connectivity index (χ1n) is 9.25. The van der Waals surface area contributed by atoms with Gasteiger partial charge >= 0.3 is 16.4 Å². The number of benzene rings is 2. The SMILES string of the molecule is COc1cc(S(=O)(=O)CCOS(=O)(=O)O)c(C)cc1N=Nc1c(C(=O)O)cccc1N(C)C. The molecular weight excluding hydrogens is 478 g/mol. The molecule has 0 bridgehead atoms. The number of methoxy groups -OCH3 is 1. The van der Waals surface area contributed by atoms with Gasteiger partial charge in [0.2, 0.25) is 0 Å². The van der Waals surface area contributed by atoms with Gasteiger partial charge < -0.3 is 14.7 Å². The lowest BCUT2D eigenvalue weighted by molar-refractivity contribution is 0.0697. The number of carboxylic acid groups (broad SMARTS) is 1. The Morgan fingerprint density at radius 1 is 1.12 bits per heavy atom. The summed E-state index contributed by atoms with van der Waals surface area (Å²) < 4.78 is 64.4. The van der Waals surface area contributed by atoms with Crippen molar-refractivity contribution < 1.29 is 40.2 Å². The maximum absolute atomic E-state index is 12.6. The minimum atomic E-state index is -4.77. The second kappa shape index (κ2) is 10.2. The summed E-state index contributed by atoms with van der Waals surface area (Å²) in [5.74, 6) is -1.86. The molecule has 0 unspecified atom stereocenters. The van der Waals surface area contributed by atoms with E-state index in [4.69, 9.17) is 9.29 Å². The number of aryl methyl sites for hydroxylation is 1. The van der Waals surface area contributed by atoms with E-state index >= 15 is 0 Å². The van der Waals surface area contributed by atoms with E-state index in [1.807, 2.05) is 0 Å². The van der Waals surface area contributed by atoms with Crippen molar-refractivity contribution in [3.05, 3.63) is 41.5 Å². The summed E-state index contributed by atoms with van der Waals surface area (Å²) in [5, 5.41) is 17.7. The van der Waals surface area contributed by atoms with Crippen LogP contribution in [-0.2, 0) is 24.4 Å². The standard InChI is InChI=1S/C19H23N3O9S2/c1-12-10-14(20-21-18-13(19(23)24)6-5-7-15(18)22(2)3)16(30-4)11-17(12)32(25,26)9-8-31-33(27,28)29/h5-7,10-11H,8-9H2,1-4H3,(H,23,24)(H,27,28,29). The lowest BCUT2D eigenvalue weighted by Crippen LogP contribution is -2.16. The summed E-state index contributed by atoms with van der Waals surface area (Å²) in [5.41, 5.74) is 0.948. The molecule has 2 rings (SSSR count). The monoisotopic (exact) mass is 501 g/mol. The fraction of sp³-hybridized carbons (Fsp3) is 0.316. The Labute approximate surface area is 191 Å². The lowest BCUT2D eigenvalue weighted by Gasteiger charge is -2.16. The zero-order chi connectivity index (χ0) is 25.0. The van der Waals surface area contributed by atoms with Crippen molar-refractivity contribution in [1.29, 1.82) is 0 Å². The Kier molecular flexibility index (Phi) is 8.13. The molecule has 0 radical (unpaired) electrons. The van der Waals surface area contributed by atoms with Gasteiger partial charge in [0.05, 0.1) is 35.6 Å². The summed E-state index contributed by atoms with van der Waals surface area (Å²) in [4.78, 5) is 13.1. The molecule has 0 amide bonds. The number of rotatable bonds is 10. The van der Waals surface area contributed by atoms with E-state index in [9.17, 15) is 26.7 Å². The van der Waals surface area contributed by atoms with Gasteiger partial charge in [0.15, 0.2) is 9.84 Å². The molecule has 180 valence electrons. The highest BCUT2D eigenvalue weighted by Gasteiger charge is 2.22. The predicted octanol–water partition coefficient (Wildman–Crippen LogP) is 2.78.